The Balaban J connectivity index is 2.83. The molecular weight excluding hydrogens is 282 g/mol. The fraction of sp³-hybridized carbons (Fsp3) is 0.571. The Hall–Kier alpha value is -0.580. The van der Waals surface area contributed by atoms with Crippen molar-refractivity contribution in [3.8, 4) is 0 Å². The van der Waals surface area contributed by atoms with Gasteiger partial charge in [-0.25, -0.2) is 12.7 Å². The Morgan fingerprint density at radius 3 is 2.00 bits per heavy atom. The first-order valence-corrected chi connectivity index (χ1v) is 8.51. The summed E-state index contributed by atoms with van der Waals surface area (Å²) in [4.78, 5) is 0. The quantitative estimate of drug-likeness (QED) is 0.757. The lowest BCUT2D eigenvalue weighted by molar-refractivity contribution is 0.315. The van der Waals surface area contributed by atoms with Crippen LogP contribution in [0.3, 0.4) is 0 Å². The van der Waals surface area contributed by atoms with Crippen LogP contribution in [0.25, 0.3) is 0 Å². The summed E-state index contributed by atoms with van der Waals surface area (Å²) in [5, 5.41) is 0. The summed E-state index contributed by atoms with van der Waals surface area (Å²) in [6.07, 6.45) is 0. The summed E-state index contributed by atoms with van der Waals surface area (Å²) >= 11 is 5.71. The lowest BCUT2D eigenvalue weighted by Gasteiger charge is -2.27. The molecule has 1 rings (SSSR count). The molecule has 0 aliphatic rings. The largest absolute Gasteiger partial charge is 0.218 e. The number of sulfonamides is 1. The van der Waals surface area contributed by atoms with Gasteiger partial charge in [-0.2, -0.15) is 0 Å². The first-order valence-electron chi connectivity index (χ1n) is 6.37. The van der Waals surface area contributed by atoms with Gasteiger partial charge in [0, 0.05) is 19.0 Å². The summed E-state index contributed by atoms with van der Waals surface area (Å²) < 4.78 is 26.1. The van der Waals surface area contributed by atoms with E-state index < -0.39 is 10.0 Å². The number of halogens is 1. The minimum Gasteiger partial charge on any atom is -0.212 e. The van der Waals surface area contributed by atoms with Crippen LogP contribution in [0, 0.1) is 5.92 Å². The molecule has 0 N–H and O–H groups in total. The van der Waals surface area contributed by atoms with Gasteiger partial charge >= 0.3 is 0 Å². The van der Waals surface area contributed by atoms with Crippen molar-refractivity contribution in [3.63, 3.8) is 0 Å². The predicted octanol–water partition coefficient (Wildman–Crippen LogP) is 3.23. The lowest BCUT2D eigenvalue weighted by Crippen LogP contribution is -2.38. The summed E-state index contributed by atoms with van der Waals surface area (Å²) in [6, 6.07) is 7.37. The molecule has 1 aromatic carbocycles. The molecule has 108 valence electrons. The molecule has 0 aliphatic carbocycles. The van der Waals surface area contributed by atoms with Gasteiger partial charge in [-0.05, 0) is 24.0 Å². The van der Waals surface area contributed by atoms with E-state index in [1.54, 1.807) is 7.05 Å². The second kappa shape index (κ2) is 6.73. The SMILES string of the molecule is CC(C)C(C)N(C)S(=O)(=O)Cc1ccc(CCl)cc1. The molecule has 0 saturated carbocycles. The molecule has 0 aliphatic heterocycles. The van der Waals surface area contributed by atoms with Crippen molar-refractivity contribution >= 4 is 21.6 Å². The third kappa shape index (κ3) is 4.48. The van der Waals surface area contributed by atoms with E-state index >= 15 is 0 Å². The first-order chi connectivity index (χ1) is 8.77. The topological polar surface area (TPSA) is 37.4 Å². The smallest absolute Gasteiger partial charge is 0.212 e. The van der Waals surface area contributed by atoms with E-state index in [2.05, 4.69) is 0 Å². The molecule has 0 fully saturated rings. The van der Waals surface area contributed by atoms with E-state index in [4.69, 9.17) is 11.6 Å². The van der Waals surface area contributed by atoms with E-state index in [-0.39, 0.29) is 11.8 Å². The zero-order chi connectivity index (χ0) is 14.6. The number of hydrogen-bond donors (Lipinski definition) is 0. The Kier molecular flexibility index (Phi) is 5.83. The molecule has 0 amide bonds. The first kappa shape index (κ1) is 16.5. The van der Waals surface area contributed by atoms with E-state index in [0.29, 0.717) is 11.8 Å². The maximum Gasteiger partial charge on any atom is 0.218 e. The molecule has 5 heteroatoms. The molecule has 1 unspecified atom stereocenters. The van der Waals surface area contributed by atoms with Crippen molar-refractivity contribution in [2.24, 2.45) is 5.92 Å². The predicted molar refractivity (Wildman–Crippen MR) is 80.7 cm³/mol. The average molecular weight is 304 g/mol. The van der Waals surface area contributed by atoms with E-state index in [1.165, 1.54) is 4.31 Å². The Morgan fingerprint density at radius 2 is 1.58 bits per heavy atom. The molecule has 3 nitrogen and oxygen atoms in total. The molecule has 0 spiro atoms. The van der Waals surface area contributed by atoms with Gasteiger partial charge in [-0.1, -0.05) is 38.1 Å². The molecule has 0 saturated heterocycles. The van der Waals surface area contributed by atoms with Crippen molar-refractivity contribution in [1.82, 2.24) is 4.31 Å². The fourth-order valence-electron chi connectivity index (χ4n) is 1.71. The van der Waals surface area contributed by atoms with Crippen LogP contribution < -0.4 is 0 Å². The highest BCUT2D eigenvalue weighted by atomic mass is 35.5. The Bertz CT molecular complexity index is 497. The van der Waals surface area contributed by atoms with Crippen molar-refractivity contribution < 1.29 is 8.42 Å². The third-order valence-corrected chi connectivity index (χ3v) is 5.72. The summed E-state index contributed by atoms with van der Waals surface area (Å²) in [7, 11) is -1.63. The van der Waals surface area contributed by atoms with Gasteiger partial charge in [-0.15, -0.1) is 11.6 Å². The van der Waals surface area contributed by atoms with Crippen LogP contribution >= 0.6 is 11.6 Å². The normalized spacial score (nSPS) is 14.1. The monoisotopic (exact) mass is 303 g/mol. The second-order valence-corrected chi connectivity index (χ2v) is 7.50. The minimum atomic E-state index is -3.28. The van der Waals surface area contributed by atoms with Crippen LogP contribution in [0.5, 0.6) is 0 Å². The van der Waals surface area contributed by atoms with Crippen molar-refractivity contribution in [2.75, 3.05) is 7.05 Å². The van der Waals surface area contributed by atoms with Crippen LogP contribution in [0.4, 0.5) is 0 Å². The van der Waals surface area contributed by atoms with Crippen LogP contribution in [-0.2, 0) is 21.7 Å². The number of benzene rings is 1. The average Bonchev–Trinajstić information content (AvgIpc) is 2.37. The van der Waals surface area contributed by atoms with Crippen LogP contribution in [0.1, 0.15) is 31.9 Å². The van der Waals surface area contributed by atoms with Crippen molar-refractivity contribution in [1.29, 1.82) is 0 Å². The number of nitrogens with zero attached hydrogens (tertiary/aromatic N) is 1. The van der Waals surface area contributed by atoms with Gasteiger partial charge in [0.25, 0.3) is 0 Å². The fourth-order valence-corrected chi connectivity index (χ4v) is 3.46. The van der Waals surface area contributed by atoms with Gasteiger partial charge < -0.3 is 0 Å². The molecule has 0 bridgehead atoms. The Morgan fingerprint density at radius 1 is 1.11 bits per heavy atom. The van der Waals surface area contributed by atoms with Gasteiger partial charge in [0.05, 0.1) is 5.75 Å². The maximum absolute atomic E-state index is 12.3. The Labute approximate surface area is 121 Å². The molecule has 0 radical (unpaired) electrons. The highest BCUT2D eigenvalue weighted by molar-refractivity contribution is 7.88. The highest BCUT2D eigenvalue weighted by Crippen LogP contribution is 2.17. The third-order valence-electron chi connectivity index (χ3n) is 3.50. The molecule has 0 aromatic heterocycles. The van der Waals surface area contributed by atoms with Gasteiger partial charge in [0.15, 0.2) is 0 Å². The number of hydrogen-bond acceptors (Lipinski definition) is 2. The zero-order valence-electron chi connectivity index (χ0n) is 11.9. The number of rotatable bonds is 6. The second-order valence-electron chi connectivity index (χ2n) is 5.21. The molecule has 1 aromatic rings. The van der Waals surface area contributed by atoms with Crippen molar-refractivity contribution in [2.45, 2.75) is 38.4 Å². The summed E-state index contributed by atoms with van der Waals surface area (Å²) in [6.45, 7) is 5.97. The molecule has 0 heterocycles. The van der Waals surface area contributed by atoms with E-state index in [9.17, 15) is 8.42 Å². The van der Waals surface area contributed by atoms with Gasteiger partial charge in [0.2, 0.25) is 10.0 Å². The maximum atomic E-state index is 12.3. The minimum absolute atomic E-state index is 0.00730. The van der Waals surface area contributed by atoms with Crippen molar-refractivity contribution in [3.05, 3.63) is 35.4 Å². The van der Waals surface area contributed by atoms with Crippen LogP contribution in [-0.4, -0.2) is 25.8 Å². The van der Waals surface area contributed by atoms with Gasteiger partial charge in [-0.3, -0.25) is 0 Å². The van der Waals surface area contributed by atoms with Gasteiger partial charge in [0.1, 0.15) is 0 Å². The van der Waals surface area contributed by atoms with E-state index in [0.717, 1.165) is 11.1 Å². The lowest BCUT2D eigenvalue weighted by atomic mass is 10.1. The summed E-state index contributed by atoms with van der Waals surface area (Å²) in [5.74, 6) is 0.763. The highest BCUT2D eigenvalue weighted by Gasteiger charge is 2.25. The van der Waals surface area contributed by atoms with Crippen LogP contribution in [0.2, 0.25) is 0 Å². The molecule has 1 atom stereocenters. The summed E-state index contributed by atoms with van der Waals surface area (Å²) in [5.41, 5.74) is 1.78. The number of alkyl halides is 1. The van der Waals surface area contributed by atoms with E-state index in [1.807, 2.05) is 45.0 Å². The molecular formula is C14H22ClNO2S. The zero-order valence-corrected chi connectivity index (χ0v) is 13.5. The molecule has 19 heavy (non-hydrogen) atoms. The standard InChI is InChI=1S/C14H22ClNO2S/c1-11(2)12(3)16(4)19(17,18)10-14-7-5-13(9-15)6-8-14/h5-8,11-12H,9-10H2,1-4H3. The van der Waals surface area contributed by atoms with Crippen LogP contribution in [0.15, 0.2) is 24.3 Å².